The van der Waals surface area contributed by atoms with Gasteiger partial charge >= 0.3 is 11.9 Å². The molecule has 0 bridgehead atoms. The molecule has 12 heteroatoms. The number of furan rings is 2. The Bertz CT molecular complexity index is 1810. The minimum Gasteiger partial charge on any atom is -0.493 e. The number of aromatic carboxylic acids is 1. The third-order valence-electron chi connectivity index (χ3n) is 5.67. The summed E-state index contributed by atoms with van der Waals surface area (Å²) >= 11 is 0. The number of esters is 1. The second-order valence-electron chi connectivity index (χ2n) is 7.57. The summed E-state index contributed by atoms with van der Waals surface area (Å²) in [5.74, 6) is -0.445. The first-order valence-electron chi connectivity index (χ1n) is 10.7. The zero-order chi connectivity index (χ0) is 26.1. The SMILES string of the molecule is COC(=O)c1ccc(OC)c2oc3cnncc3c12.COc1ccc(C(=O)O)c2c1oc1cnncc12. The van der Waals surface area contributed by atoms with Crippen LogP contribution in [0.15, 0.2) is 57.9 Å². The zero-order valence-corrected chi connectivity index (χ0v) is 19.7. The van der Waals surface area contributed by atoms with Crippen LogP contribution in [0, 0.1) is 0 Å². The van der Waals surface area contributed by atoms with E-state index in [1.807, 2.05) is 0 Å². The van der Waals surface area contributed by atoms with Crippen LogP contribution >= 0.6 is 0 Å². The molecule has 6 rings (SSSR count). The maximum atomic E-state index is 11.8. The monoisotopic (exact) mass is 502 g/mol. The lowest BCUT2D eigenvalue weighted by Gasteiger charge is -2.04. The number of carboxylic acids is 1. The van der Waals surface area contributed by atoms with Crippen molar-refractivity contribution in [3.05, 3.63) is 60.2 Å². The number of carboxylic acid groups (broad SMARTS) is 1. The average molecular weight is 502 g/mol. The van der Waals surface area contributed by atoms with Crippen molar-refractivity contribution in [1.29, 1.82) is 0 Å². The number of aromatic nitrogens is 4. The van der Waals surface area contributed by atoms with E-state index in [2.05, 4.69) is 20.4 Å². The highest BCUT2D eigenvalue weighted by Gasteiger charge is 2.21. The van der Waals surface area contributed by atoms with E-state index in [1.54, 1.807) is 24.4 Å². The van der Waals surface area contributed by atoms with E-state index in [-0.39, 0.29) is 5.56 Å². The Morgan fingerprint density at radius 2 is 1.16 bits per heavy atom. The Balaban J connectivity index is 0.000000152. The number of carbonyl (C=O) groups excluding carboxylic acids is 1. The van der Waals surface area contributed by atoms with E-state index in [0.717, 1.165) is 0 Å². The van der Waals surface area contributed by atoms with Crippen LogP contribution in [0.5, 0.6) is 11.5 Å². The molecule has 0 radical (unpaired) electrons. The predicted octanol–water partition coefficient (Wildman–Crippen LogP) is 4.25. The molecule has 0 fully saturated rings. The van der Waals surface area contributed by atoms with Crippen LogP contribution in [0.3, 0.4) is 0 Å². The smallest absolute Gasteiger partial charge is 0.338 e. The molecular weight excluding hydrogens is 484 g/mol. The molecule has 0 saturated heterocycles. The highest BCUT2D eigenvalue weighted by molar-refractivity contribution is 6.17. The average Bonchev–Trinajstić information content (AvgIpc) is 3.51. The molecule has 186 valence electrons. The van der Waals surface area contributed by atoms with Crippen molar-refractivity contribution in [3.8, 4) is 11.5 Å². The molecule has 6 aromatic rings. The van der Waals surface area contributed by atoms with Crippen molar-refractivity contribution in [1.82, 2.24) is 20.4 Å². The van der Waals surface area contributed by atoms with Crippen LogP contribution in [-0.4, -0.2) is 58.8 Å². The number of rotatable bonds is 4. The number of fused-ring (bicyclic) bond motifs is 6. The predicted molar refractivity (Wildman–Crippen MR) is 130 cm³/mol. The van der Waals surface area contributed by atoms with Crippen molar-refractivity contribution in [2.75, 3.05) is 21.3 Å². The molecule has 0 unspecified atom stereocenters. The van der Waals surface area contributed by atoms with Gasteiger partial charge in [-0.2, -0.15) is 20.4 Å². The summed E-state index contributed by atoms with van der Waals surface area (Å²) < 4.78 is 26.4. The van der Waals surface area contributed by atoms with E-state index in [4.69, 9.17) is 23.0 Å². The minimum absolute atomic E-state index is 0.151. The molecule has 0 aliphatic carbocycles. The first kappa shape index (κ1) is 23.5. The van der Waals surface area contributed by atoms with Gasteiger partial charge < -0.3 is 28.2 Å². The van der Waals surface area contributed by atoms with Gasteiger partial charge in [-0.05, 0) is 24.3 Å². The van der Waals surface area contributed by atoms with E-state index < -0.39 is 11.9 Å². The van der Waals surface area contributed by atoms with Gasteiger partial charge in [0.25, 0.3) is 0 Å². The highest BCUT2D eigenvalue weighted by atomic mass is 16.5. The fraction of sp³-hybridized carbons (Fsp3) is 0.120. The molecule has 2 aromatic carbocycles. The first-order valence-corrected chi connectivity index (χ1v) is 10.7. The molecule has 0 saturated carbocycles. The number of ether oxygens (including phenoxy) is 3. The van der Waals surface area contributed by atoms with Crippen LogP contribution in [0.25, 0.3) is 43.9 Å². The standard InChI is InChI=1S/C13H10N2O4.C12H8N2O4/c1-17-9-4-3-7(13(16)18-2)11-8-5-14-15-6-10(8)19-12(9)11;1-17-8-3-2-6(12(15)16)10-7-4-13-14-5-9(7)18-11(8)10/h3-6H,1-2H3;2-5H,1H3,(H,15,16). The summed E-state index contributed by atoms with van der Waals surface area (Å²) in [7, 11) is 4.37. The summed E-state index contributed by atoms with van der Waals surface area (Å²) in [5.41, 5.74) is 2.45. The second-order valence-corrected chi connectivity index (χ2v) is 7.57. The third-order valence-corrected chi connectivity index (χ3v) is 5.67. The lowest BCUT2D eigenvalue weighted by molar-refractivity contribution is 0.0602. The van der Waals surface area contributed by atoms with E-state index in [1.165, 1.54) is 46.0 Å². The van der Waals surface area contributed by atoms with Gasteiger partial charge in [0, 0.05) is 10.8 Å². The normalized spacial score (nSPS) is 10.9. The van der Waals surface area contributed by atoms with Gasteiger partial charge in [-0.15, -0.1) is 0 Å². The molecule has 0 spiro atoms. The second kappa shape index (κ2) is 9.41. The van der Waals surface area contributed by atoms with Crippen LogP contribution in [0.4, 0.5) is 0 Å². The number of methoxy groups -OCH3 is 3. The van der Waals surface area contributed by atoms with Crippen LogP contribution in [0.1, 0.15) is 20.7 Å². The molecule has 12 nitrogen and oxygen atoms in total. The van der Waals surface area contributed by atoms with Crippen molar-refractivity contribution in [2.24, 2.45) is 0 Å². The molecule has 0 aliphatic rings. The maximum Gasteiger partial charge on any atom is 0.338 e. The molecule has 0 aliphatic heterocycles. The van der Waals surface area contributed by atoms with Crippen molar-refractivity contribution in [2.45, 2.75) is 0 Å². The van der Waals surface area contributed by atoms with Gasteiger partial charge in [0.2, 0.25) is 0 Å². The fourth-order valence-corrected chi connectivity index (χ4v) is 4.02. The number of carbonyl (C=O) groups is 2. The van der Waals surface area contributed by atoms with Gasteiger partial charge in [-0.25, -0.2) is 9.59 Å². The molecule has 1 N–H and O–H groups in total. The summed E-state index contributed by atoms with van der Waals surface area (Å²) in [6, 6.07) is 6.36. The van der Waals surface area contributed by atoms with Gasteiger partial charge in [-0.1, -0.05) is 0 Å². The Morgan fingerprint density at radius 3 is 1.62 bits per heavy atom. The molecule has 0 amide bonds. The Labute approximate surface area is 207 Å². The van der Waals surface area contributed by atoms with E-state index in [9.17, 15) is 14.7 Å². The number of nitrogens with zero attached hydrogens (tertiary/aromatic N) is 4. The lowest BCUT2D eigenvalue weighted by Crippen LogP contribution is -2.02. The highest BCUT2D eigenvalue weighted by Crippen LogP contribution is 2.37. The third kappa shape index (κ3) is 3.89. The largest absolute Gasteiger partial charge is 0.493 e. The summed E-state index contributed by atoms with van der Waals surface area (Å²) in [4.78, 5) is 23.1. The van der Waals surface area contributed by atoms with Gasteiger partial charge in [0.05, 0.1) is 68.0 Å². The summed E-state index contributed by atoms with van der Waals surface area (Å²) in [5, 5.41) is 26.6. The van der Waals surface area contributed by atoms with E-state index >= 15 is 0 Å². The first-order chi connectivity index (χ1) is 18.0. The lowest BCUT2D eigenvalue weighted by atomic mass is 10.1. The van der Waals surface area contributed by atoms with Gasteiger partial charge in [0.15, 0.2) is 33.8 Å². The van der Waals surface area contributed by atoms with Crippen molar-refractivity contribution < 1.29 is 37.7 Å². The quantitative estimate of drug-likeness (QED) is 0.342. The van der Waals surface area contributed by atoms with Crippen LogP contribution in [-0.2, 0) is 4.74 Å². The number of hydrogen-bond acceptors (Lipinski definition) is 11. The summed E-state index contributed by atoms with van der Waals surface area (Å²) in [6.07, 6.45) is 5.97. The molecule has 0 atom stereocenters. The Morgan fingerprint density at radius 1 is 0.703 bits per heavy atom. The Kier molecular flexibility index (Phi) is 5.97. The number of benzene rings is 2. The van der Waals surface area contributed by atoms with Crippen LogP contribution in [0.2, 0.25) is 0 Å². The van der Waals surface area contributed by atoms with Gasteiger partial charge in [0.1, 0.15) is 0 Å². The Hall–Kier alpha value is -5.26. The minimum atomic E-state index is -1.03. The maximum absolute atomic E-state index is 11.8. The number of hydrogen-bond donors (Lipinski definition) is 1. The fourth-order valence-electron chi connectivity index (χ4n) is 4.02. The summed E-state index contributed by atoms with van der Waals surface area (Å²) in [6.45, 7) is 0. The van der Waals surface area contributed by atoms with E-state index in [0.29, 0.717) is 60.9 Å². The van der Waals surface area contributed by atoms with Crippen molar-refractivity contribution in [3.63, 3.8) is 0 Å². The van der Waals surface area contributed by atoms with Crippen LogP contribution < -0.4 is 9.47 Å². The molecule has 4 heterocycles. The zero-order valence-electron chi connectivity index (χ0n) is 19.7. The molecule has 4 aromatic heterocycles. The van der Waals surface area contributed by atoms with Crippen molar-refractivity contribution >= 4 is 55.8 Å². The van der Waals surface area contributed by atoms with Gasteiger partial charge in [-0.3, -0.25) is 0 Å². The molecular formula is C25H18N4O8. The molecule has 37 heavy (non-hydrogen) atoms. The topological polar surface area (TPSA) is 160 Å².